The molecule has 22 heavy (non-hydrogen) atoms. The van der Waals surface area contributed by atoms with Crippen molar-refractivity contribution in [2.24, 2.45) is 0 Å². The molecule has 0 radical (unpaired) electrons. The molecule has 1 atom stereocenters. The second kappa shape index (κ2) is 6.75. The molecule has 116 valence electrons. The standard InChI is InChI=1S/C17H19NO3S/c1-13(17(19)18-22(2,20)21)16-10-6-9-15(12-16)11-14-7-4-3-5-8-14/h3-10,12-13H,11H2,1-2H3,(H,18,19)/t13-/m1/s1. The van der Waals surface area contributed by atoms with Crippen LogP contribution in [-0.2, 0) is 21.2 Å². The fourth-order valence-electron chi connectivity index (χ4n) is 2.23. The van der Waals surface area contributed by atoms with E-state index in [2.05, 4.69) is 0 Å². The summed E-state index contributed by atoms with van der Waals surface area (Å²) in [6.45, 7) is 1.70. The first-order valence-electron chi connectivity index (χ1n) is 6.99. The van der Waals surface area contributed by atoms with Gasteiger partial charge in [0.25, 0.3) is 0 Å². The Morgan fingerprint density at radius 2 is 1.68 bits per heavy atom. The van der Waals surface area contributed by atoms with Crippen molar-refractivity contribution in [2.75, 3.05) is 6.26 Å². The largest absolute Gasteiger partial charge is 0.273 e. The molecule has 0 aliphatic rings. The third-order valence-electron chi connectivity index (χ3n) is 3.38. The Kier molecular flexibility index (Phi) is 4.98. The molecule has 0 aliphatic heterocycles. The first-order chi connectivity index (χ1) is 10.3. The summed E-state index contributed by atoms with van der Waals surface area (Å²) >= 11 is 0. The highest BCUT2D eigenvalue weighted by atomic mass is 32.2. The fourth-order valence-corrected chi connectivity index (χ4v) is 2.77. The number of amides is 1. The Labute approximate surface area is 131 Å². The van der Waals surface area contributed by atoms with Gasteiger partial charge in [-0.3, -0.25) is 9.52 Å². The molecule has 0 saturated heterocycles. The van der Waals surface area contributed by atoms with Gasteiger partial charge in [0, 0.05) is 0 Å². The molecule has 1 amide bonds. The molecule has 0 heterocycles. The highest BCUT2D eigenvalue weighted by Crippen LogP contribution is 2.19. The Morgan fingerprint density at radius 1 is 1.05 bits per heavy atom. The molecule has 0 aromatic heterocycles. The van der Waals surface area contributed by atoms with Crippen molar-refractivity contribution < 1.29 is 13.2 Å². The lowest BCUT2D eigenvalue weighted by Crippen LogP contribution is -2.32. The summed E-state index contributed by atoms with van der Waals surface area (Å²) in [5, 5.41) is 0. The average Bonchev–Trinajstić information content (AvgIpc) is 2.46. The van der Waals surface area contributed by atoms with E-state index in [1.54, 1.807) is 6.92 Å². The van der Waals surface area contributed by atoms with Crippen LogP contribution < -0.4 is 4.72 Å². The van der Waals surface area contributed by atoms with E-state index in [4.69, 9.17) is 0 Å². The third-order valence-corrected chi connectivity index (χ3v) is 3.95. The number of rotatable bonds is 5. The van der Waals surface area contributed by atoms with Gasteiger partial charge < -0.3 is 0 Å². The Balaban J connectivity index is 2.16. The van der Waals surface area contributed by atoms with Gasteiger partial charge in [0.15, 0.2) is 0 Å². The zero-order valence-electron chi connectivity index (χ0n) is 12.6. The molecular formula is C17H19NO3S. The van der Waals surface area contributed by atoms with Gasteiger partial charge in [0.2, 0.25) is 15.9 Å². The van der Waals surface area contributed by atoms with Crippen molar-refractivity contribution in [3.63, 3.8) is 0 Å². The van der Waals surface area contributed by atoms with Crippen LogP contribution in [0.5, 0.6) is 0 Å². The first kappa shape index (κ1) is 16.2. The zero-order chi connectivity index (χ0) is 16.2. The molecule has 0 aliphatic carbocycles. The summed E-state index contributed by atoms with van der Waals surface area (Å²) in [4.78, 5) is 11.9. The van der Waals surface area contributed by atoms with Gasteiger partial charge in [0.05, 0.1) is 12.2 Å². The Bertz CT molecular complexity index is 754. The summed E-state index contributed by atoms with van der Waals surface area (Å²) in [7, 11) is -3.53. The normalized spacial score (nSPS) is 12.6. The van der Waals surface area contributed by atoms with Gasteiger partial charge in [0.1, 0.15) is 0 Å². The number of sulfonamides is 1. The molecule has 1 N–H and O–H groups in total. The zero-order valence-corrected chi connectivity index (χ0v) is 13.4. The second-order valence-corrected chi connectivity index (χ2v) is 7.12. The van der Waals surface area contributed by atoms with Crippen molar-refractivity contribution in [1.82, 2.24) is 4.72 Å². The van der Waals surface area contributed by atoms with Crippen LogP contribution in [0.4, 0.5) is 0 Å². The maximum Gasteiger partial charge on any atom is 0.240 e. The minimum absolute atomic E-state index is 0.514. The minimum atomic E-state index is -3.53. The highest BCUT2D eigenvalue weighted by molar-refractivity contribution is 7.89. The molecule has 2 aromatic rings. The Hall–Kier alpha value is -2.14. The van der Waals surface area contributed by atoms with E-state index >= 15 is 0 Å². The molecule has 0 saturated carbocycles. The smallest absolute Gasteiger partial charge is 0.240 e. The maximum atomic E-state index is 11.9. The van der Waals surface area contributed by atoms with Gasteiger partial charge in [-0.25, -0.2) is 8.42 Å². The van der Waals surface area contributed by atoms with E-state index < -0.39 is 21.8 Å². The molecule has 2 rings (SSSR count). The van der Waals surface area contributed by atoms with E-state index in [9.17, 15) is 13.2 Å². The molecular weight excluding hydrogens is 298 g/mol. The molecule has 2 aromatic carbocycles. The van der Waals surface area contributed by atoms with Crippen LogP contribution >= 0.6 is 0 Å². The number of carbonyl (C=O) groups is 1. The lowest BCUT2D eigenvalue weighted by Gasteiger charge is -2.13. The van der Waals surface area contributed by atoms with Crippen molar-refractivity contribution >= 4 is 15.9 Å². The average molecular weight is 317 g/mol. The van der Waals surface area contributed by atoms with Crippen LogP contribution in [0.3, 0.4) is 0 Å². The van der Waals surface area contributed by atoms with Gasteiger partial charge in [-0.1, -0.05) is 54.6 Å². The van der Waals surface area contributed by atoms with E-state index in [1.807, 2.05) is 59.3 Å². The molecule has 5 heteroatoms. The van der Waals surface area contributed by atoms with Gasteiger partial charge in [-0.2, -0.15) is 0 Å². The first-order valence-corrected chi connectivity index (χ1v) is 8.89. The summed E-state index contributed by atoms with van der Waals surface area (Å²) in [6, 6.07) is 17.7. The number of carbonyl (C=O) groups excluding carboxylic acids is 1. The van der Waals surface area contributed by atoms with E-state index in [0.29, 0.717) is 0 Å². The SMILES string of the molecule is C[C@@H](C(=O)NS(C)(=O)=O)c1cccc(Cc2ccccc2)c1. The Morgan fingerprint density at radius 3 is 2.32 bits per heavy atom. The van der Waals surface area contributed by atoms with E-state index in [0.717, 1.165) is 23.8 Å². The molecule has 0 bridgehead atoms. The third kappa shape index (κ3) is 4.70. The van der Waals surface area contributed by atoms with Crippen LogP contribution in [-0.4, -0.2) is 20.6 Å². The van der Waals surface area contributed by atoms with E-state index in [1.165, 1.54) is 5.56 Å². The molecule has 0 fully saturated rings. The predicted octanol–water partition coefficient (Wildman–Crippen LogP) is 2.46. The quantitative estimate of drug-likeness (QED) is 0.921. The second-order valence-electron chi connectivity index (χ2n) is 5.37. The van der Waals surface area contributed by atoms with Crippen LogP contribution in [0, 0.1) is 0 Å². The fraction of sp³-hybridized carbons (Fsp3) is 0.235. The monoisotopic (exact) mass is 317 g/mol. The number of benzene rings is 2. The van der Waals surface area contributed by atoms with E-state index in [-0.39, 0.29) is 0 Å². The summed E-state index contributed by atoms with van der Waals surface area (Å²) in [5.74, 6) is -1.04. The molecule has 4 nitrogen and oxygen atoms in total. The topological polar surface area (TPSA) is 63.2 Å². The lowest BCUT2D eigenvalue weighted by atomic mass is 9.96. The van der Waals surface area contributed by atoms with Gasteiger partial charge in [-0.15, -0.1) is 0 Å². The molecule has 0 spiro atoms. The number of hydrogen-bond donors (Lipinski definition) is 1. The van der Waals surface area contributed by atoms with Crippen LogP contribution in [0.1, 0.15) is 29.5 Å². The van der Waals surface area contributed by atoms with Crippen LogP contribution in [0.15, 0.2) is 54.6 Å². The van der Waals surface area contributed by atoms with Gasteiger partial charge >= 0.3 is 0 Å². The maximum absolute atomic E-state index is 11.9. The van der Waals surface area contributed by atoms with Crippen LogP contribution in [0.25, 0.3) is 0 Å². The van der Waals surface area contributed by atoms with Crippen molar-refractivity contribution in [2.45, 2.75) is 19.3 Å². The van der Waals surface area contributed by atoms with Gasteiger partial charge in [-0.05, 0) is 30.0 Å². The summed E-state index contributed by atoms with van der Waals surface area (Å²) in [6.07, 6.45) is 1.75. The predicted molar refractivity (Wildman–Crippen MR) is 87.1 cm³/mol. The minimum Gasteiger partial charge on any atom is -0.273 e. The van der Waals surface area contributed by atoms with Crippen LogP contribution in [0.2, 0.25) is 0 Å². The number of nitrogens with one attached hydrogen (secondary N) is 1. The van der Waals surface area contributed by atoms with Crippen molar-refractivity contribution in [3.8, 4) is 0 Å². The number of hydrogen-bond acceptors (Lipinski definition) is 3. The summed E-state index contributed by atoms with van der Waals surface area (Å²) < 4.78 is 24.3. The lowest BCUT2D eigenvalue weighted by molar-refractivity contribution is -0.120. The summed E-state index contributed by atoms with van der Waals surface area (Å²) in [5.41, 5.74) is 3.07. The molecule has 0 unspecified atom stereocenters. The van der Waals surface area contributed by atoms with Crippen molar-refractivity contribution in [1.29, 1.82) is 0 Å². The van der Waals surface area contributed by atoms with Crippen molar-refractivity contribution in [3.05, 3.63) is 71.3 Å². The highest BCUT2D eigenvalue weighted by Gasteiger charge is 2.18.